The van der Waals surface area contributed by atoms with Crippen LogP contribution in [-0.4, -0.2) is 95.3 Å². The van der Waals surface area contributed by atoms with Crippen LogP contribution in [0.15, 0.2) is 53.4 Å². The Morgan fingerprint density at radius 2 is 1.70 bits per heavy atom. The standard InChI is InChI=1S/C28H39N3O8S/c1-4-37-17-5-14-29-28(33)22(2)31(20-23-6-8-24(36-3)9-7-23)27(32)21-39-25-10-12-26(13-11-25)40(34,35)30-15-18-38-19-16-30/h6-13,22H,4-5,14-21H2,1-3H3,(H,29,33)/t22-/m1/s1. The molecule has 1 aliphatic heterocycles. The Balaban J connectivity index is 1.65. The van der Waals surface area contributed by atoms with Gasteiger partial charge in [0.25, 0.3) is 5.91 Å². The second-order valence-electron chi connectivity index (χ2n) is 9.16. The highest BCUT2D eigenvalue weighted by Gasteiger charge is 2.28. The molecule has 1 fully saturated rings. The summed E-state index contributed by atoms with van der Waals surface area (Å²) in [6, 6.07) is 12.4. The molecule has 11 nitrogen and oxygen atoms in total. The molecule has 0 aliphatic carbocycles. The summed E-state index contributed by atoms with van der Waals surface area (Å²) in [5, 5.41) is 2.86. The highest BCUT2D eigenvalue weighted by Crippen LogP contribution is 2.21. The van der Waals surface area contributed by atoms with Crippen LogP contribution in [0.2, 0.25) is 0 Å². The van der Waals surface area contributed by atoms with E-state index in [0.29, 0.717) is 64.0 Å². The number of carbonyl (C=O) groups is 2. The Morgan fingerprint density at radius 1 is 1.05 bits per heavy atom. The quantitative estimate of drug-likeness (QED) is 0.319. The first-order chi connectivity index (χ1) is 19.3. The van der Waals surface area contributed by atoms with E-state index < -0.39 is 22.0 Å². The van der Waals surface area contributed by atoms with E-state index in [1.54, 1.807) is 26.2 Å². The van der Waals surface area contributed by atoms with Crippen LogP contribution < -0.4 is 14.8 Å². The minimum absolute atomic E-state index is 0.142. The maximum absolute atomic E-state index is 13.3. The zero-order chi connectivity index (χ0) is 29.0. The maximum atomic E-state index is 13.3. The van der Waals surface area contributed by atoms with Crippen molar-refractivity contribution in [3.05, 3.63) is 54.1 Å². The molecule has 1 N–H and O–H groups in total. The highest BCUT2D eigenvalue weighted by molar-refractivity contribution is 7.89. The average Bonchev–Trinajstić information content (AvgIpc) is 2.99. The van der Waals surface area contributed by atoms with Gasteiger partial charge in [0.05, 0.1) is 25.2 Å². The second kappa shape index (κ2) is 15.6. The summed E-state index contributed by atoms with van der Waals surface area (Å²) < 4.78 is 48.5. The fourth-order valence-electron chi connectivity index (χ4n) is 4.06. The van der Waals surface area contributed by atoms with Crippen LogP contribution in [-0.2, 0) is 35.6 Å². The molecule has 2 aromatic rings. The first kappa shape index (κ1) is 31.3. The lowest BCUT2D eigenvalue weighted by Crippen LogP contribution is -2.49. The third-order valence-electron chi connectivity index (χ3n) is 6.44. The van der Waals surface area contributed by atoms with E-state index in [0.717, 1.165) is 5.56 Å². The predicted octanol–water partition coefficient (Wildman–Crippen LogP) is 2.06. The Kier molecular flexibility index (Phi) is 12.2. The number of methoxy groups -OCH3 is 1. The predicted molar refractivity (Wildman–Crippen MR) is 149 cm³/mol. The summed E-state index contributed by atoms with van der Waals surface area (Å²) in [6.45, 7) is 6.36. The van der Waals surface area contributed by atoms with E-state index in [1.807, 2.05) is 19.1 Å². The molecule has 1 heterocycles. The van der Waals surface area contributed by atoms with Gasteiger partial charge >= 0.3 is 0 Å². The van der Waals surface area contributed by atoms with Gasteiger partial charge in [-0.2, -0.15) is 4.31 Å². The van der Waals surface area contributed by atoms with Crippen LogP contribution >= 0.6 is 0 Å². The number of rotatable bonds is 15. The van der Waals surface area contributed by atoms with Gasteiger partial charge in [0, 0.05) is 39.4 Å². The van der Waals surface area contributed by atoms with E-state index in [9.17, 15) is 18.0 Å². The van der Waals surface area contributed by atoms with Gasteiger partial charge in [0.2, 0.25) is 15.9 Å². The van der Waals surface area contributed by atoms with Gasteiger partial charge < -0.3 is 29.2 Å². The van der Waals surface area contributed by atoms with Crippen LogP contribution in [0.4, 0.5) is 0 Å². The summed E-state index contributed by atoms with van der Waals surface area (Å²) in [5.74, 6) is 0.352. The lowest BCUT2D eigenvalue weighted by Gasteiger charge is -2.29. The minimum Gasteiger partial charge on any atom is -0.497 e. The zero-order valence-corrected chi connectivity index (χ0v) is 24.2. The van der Waals surface area contributed by atoms with E-state index in [1.165, 1.54) is 33.5 Å². The Labute approximate surface area is 236 Å². The summed E-state index contributed by atoms with van der Waals surface area (Å²) in [6.07, 6.45) is 0.666. The number of sulfonamides is 1. The fraction of sp³-hybridized carbons (Fsp3) is 0.500. The molecule has 40 heavy (non-hydrogen) atoms. The van der Waals surface area contributed by atoms with E-state index >= 15 is 0 Å². The van der Waals surface area contributed by atoms with Crippen LogP contribution in [0.1, 0.15) is 25.8 Å². The van der Waals surface area contributed by atoms with Gasteiger partial charge in [-0.25, -0.2) is 8.42 Å². The summed E-state index contributed by atoms with van der Waals surface area (Å²) in [4.78, 5) is 27.8. The number of benzene rings is 2. The molecule has 0 unspecified atom stereocenters. The highest BCUT2D eigenvalue weighted by atomic mass is 32.2. The van der Waals surface area contributed by atoms with E-state index in [2.05, 4.69) is 5.32 Å². The van der Waals surface area contributed by atoms with Crippen molar-refractivity contribution in [3.63, 3.8) is 0 Å². The van der Waals surface area contributed by atoms with E-state index in [-0.39, 0.29) is 24.0 Å². The van der Waals surface area contributed by atoms with Crippen LogP contribution in [0.3, 0.4) is 0 Å². The number of ether oxygens (including phenoxy) is 4. The summed E-state index contributed by atoms with van der Waals surface area (Å²) in [5.41, 5.74) is 0.822. The minimum atomic E-state index is -3.64. The molecule has 2 aromatic carbocycles. The van der Waals surface area contributed by atoms with Crippen molar-refractivity contribution < 1.29 is 37.0 Å². The largest absolute Gasteiger partial charge is 0.497 e. The maximum Gasteiger partial charge on any atom is 0.261 e. The van der Waals surface area contributed by atoms with E-state index in [4.69, 9.17) is 18.9 Å². The van der Waals surface area contributed by atoms with Crippen molar-refractivity contribution >= 4 is 21.8 Å². The average molecular weight is 578 g/mol. The molecule has 0 aromatic heterocycles. The molecule has 12 heteroatoms. The van der Waals surface area contributed by atoms with Gasteiger partial charge in [-0.3, -0.25) is 9.59 Å². The molecule has 1 saturated heterocycles. The van der Waals surface area contributed by atoms with Crippen LogP contribution in [0, 0.1) is 0 Å². The molecular weight excluding hydrogens is 538 g/mol. The third kappa shape index (κ3) is 8.91. The summed E-state index contributed by atoms with van der Waals surface area (Å²) >= 11 is 0. The molecule has 1 atom stereocenters. The van der Waals surface area contributed by atoms with Crippen molar-refractivity contribution in [3.8, 4) is 11.5 Å². The zero-order valence-electron chi connectivity index (χ0n) is 23.3. The molecule has 220 valence electrons. The Bertz CT molecular complexity index is 1180. The van der Waals surface area contributed by atoms with Crippen molar-refractivity contribution in [2.75, 3.05) is 59.8 Å². The van der Waals surface area contributed by atoms with Crippen molar-refractivity contribution in [2.24, 2.45) is 0 Å². The number of morpholine rings is 1. The van der Waals surface area contributed by atoms with Crippen molar-refractivity contribution in [2.45, 2.75) is 37.8 Å². The molecule has 1 aliphatic rings. The second-order valence-corrected chi connectivity index (χ2v) is 11.1. The fourth-order valence-corrected chi connectivity index (χ4v) is 5.47. The topological polar surface area (TPSA) is 124 Å². The monoisotopic (exact) mass is 577 g/mol. The van der Waals surface area contributed by atoms with Gasteiger partial charge in [-0.05, 0) is 62.2 Å². The van der Waals surface area contributed by atoms with Gasteiger partial charge in [0.1, 0.15) is 17.5 Å². The van der Waals surface area contributed by atoms with Gasteiger partial charge in [-0.15, -0.1) is 0 Å². The van der Waals surface area contributed by atoms with Gasteiger partial charge in [-0.1, -0.05) is 12.1 Å². The Morgan fingerprint density at radius 3 is 2.33 bits per heavy atom. The SMILES string of the molecule is CCOCCCNC(=O)[C@@H](C)N(Cc1ccc(OC)cc1)C(=O)COc1ccc(S(=O)(=O)N2CCOCC2)cc1. The summed E-state index contributed by atoms with van der Waals surface area (Å²) in [7, 11) is -2.06. The smallest absolute Gasteiger partial charge is 0.261 e. The first-order valence-electron chi connectivity index (χ1n) is 13.3. The molecule has 0 bridgehead atoms. The first-order valence-corrected chi connectivity index (χ1v) is 14.8. The van der Waals surface area contributed by atoms with Crippen LogP contribution in [0.5, 0.6) is 11.5 Å². The molecule has 3 rings (SSSR count). The van der Waals surface area contributed by atoms with Crippen molar-refractivity contribution in [1.82, 2.24) is 14.5 Å². The molecule has 0 saturated carbocycles. The Hall–Kier alpha value is -3.19. The normalized spacial score (nSPS) is 14.8. The third-order valence-corrected chi connectivity index (χ3v) is 8.35. The number of amides is 2. The number of nitrogens with one attached hydrogen (secondary N) is 1. The molecule has 0 spiro atoms. The number of hydrogen-bond donors (Lipinski definition) is 1. The molecule has 0 radical (unpaired) electrons. The lowest BCUT2D eigenvalue weighted by atomic mass is 10.1. The van der Waals surface area contributed by atoms with Crippen molar-refractivity contribution in [1.29, 1.82) is 0 Å². The number of nitrogens with zero attached hydrogens (tertiary/aromatic N) is 2. The number of hydrogen-bond acceptors (Lipinski definition) is 8. The van der Waals surface area contributed by atoms with Crippen LogP contribution in [0.25, 0.3) is 0 Å². The molecule has 2 amide bonds. The van der Waals surface area contributed by atoms with Gasteiger partial charge in [0.15, 0.2) is 6.61 Å². The molecular formula is C28H39N3O8S. The lowest BCUT2D eigenvalue weighted by molar-refractivity contribution is -0.142. The number of carbonyl (C=O) groups excluding carboxylic acids is 2.